The summed E-state index contributed by atoms with van der Waals surface area (Å²) in [7, 11) is 1.98. The summed E-state index contributed by atoms with van der Waals surface area (Å²) in [5.74, 6) is 0.775. The molecule has 1 radical (unpaired) electrons. The smallest absolute Gasteiger partial charge is 0.127 e. The molecule has 0 saturated carbocycles. The molecule has 123 valence electrons. The van der Waals surface area contributed by atoms with Gasteiger partial charge in [0.15, 0.2) is 0 Å². The fourth-order valence-electron chi connectivity index (χ4n) is 3.03. The topological polar surface area (TPSA) is 48.5 Å². The average Bonchev–Trinajstić information content (AvgIpc) is 3.15. The Bertz CT molecular complexity index is 995. The molecule has 0 saturated heterocycles. The van der Waals surface area contributed by atoms with Crippen LogP contribution in [0.15, 0.2) is 43.0 Å². The number of nitrogens with zero attached hydrogens (tertiary/aromatic N) is 5. The maximum absolute atomic E-state index is 4.50. The third-order valence-corrected chi connectivity index (χ3v) is 4.09. The van der Waals surface area contributed by atoms with Crippen molar-refractivity contribution in [1.82, 2.24) is 24.3 Å². The first-order chi connectivity index (χ1) is 11.2. The molecule has 0 aliphatic rings. The van der Waals surface area contributed by atoms with Crippen LogP contribution >= 0.6 is 0 Å². The Morgan fingerprint density at radius 2 is 1.79 bits per heavy atom. The zero-order chi connectivity index (χ0) is 16.0. The van der Waals surface area contributed by atoms with Gasteiger partial charge in [0.2, 0.25) is 0 Å². The average molecular weight is 495 g/mol. The zero-order valence-corrected chi connectivity index (χ0v) is 16.0. The van der Waals surface area contributed by atoms with Crippen LogP contribution in [0.2, 0.25) is 0 Å². The molecule has 0 bridgehead atoms. The minimum absolute atomic E-state index is 0. The van der Waals surface area contributed by atoms with Crippen LogP contribution in [0.5, 0.6) is 0 Å². The quantitative estimate of drug-likeness (QED) is 0.402. The summed E-state index contributed by atoms with van der Waals surface area (Å²) in [5, 5.41) is 4.46. The maximum Gasteiger partial charge on any atom is 0.127 e. The Morgan fingerprint density at radius 3 is 2.54 bits per heavy atom. The van der Waals surface area contributed by atoms with Gasteiger partial charge >= 0.3 is 0 Å². The maximum atomic E-state index is 4.50. The van der Waals surface area contributed by atoms with Crippen molar-refractivity contribution in [1.29, 1.82) is 0 Å². The van der Waals surface area contributed by atoms with Crippen molar-refractivity contribution in [2.24, 2.45) is 7.05 Å². The van der Waals surface area contributed by atoms with Crippen LogP contribution in [0.3, 0.4) is 0 Å². The molecule has 0 atom stereocenters. The van der Waals surface area contributed by atoms with E-state index in [2.05, 4.69) is 53.2 Å². The van der Waals surface area contributed by atoms with Crippen LogP contribution in [0, 0.1) is 19.9 Å². The third kappa shape index (κ3) is 2.48. The van der Waals surface area contributed by atoms with E-state index in [-0.39, 0.29) is 20.1 Å². The number of fused-ring (bicyclic) bond motifs is 1. The minimum Gasteiger partial charge on any atom is -0.373 e. The van der Waals surface area contributed by atoms with E-state index in [4.69, 9.17) is 0 Å². The molecule has 2 aromatic heterocycles. The van der Waals surface area contributed by atoms with Crippen molar-refractivity contribution >= 4 is 11.0 Å². The summed E-state index contributed by atoms with van der Waals surface area (Å²) in [6, 6.07) is 13.4. The van der Waals surface area contributed by atoms with Crippen LogP contribution in [0.1, 0.15) is 11.1 Å². The molecule has 5 nitrogen and oxygen atoms in total. The van der Waals surface area contributed by atoms with Gasteiger partial charge in [-0.1, -0.05) is 23.8 Å². The number of para-hydroxylation sites is 1. The monoisotopic (exact) mass is 495 g/mol. The minimum atomic E-state index is 0. The fraction of sp³-hybridized carbons (Fsp3) is 0.167. The normalized spacial score (nSPS) is 10.8. The van der Waals surface area contributed by atoms with Crippen molar-refractivity contribution in [2.45, 2.75) is 13.8 Å². The Morgan fingerprint density at radius 1 is 1.04 bits per heavy atom. The number of hydrogen-bond donors (Lipinski definition) is 0. The Kier molecular flexibility index (Phi) is 4.35. The van der Waals surface area contributed by atoms with Gasteiger partial charge in [-0.2, -0.15) is 5.10 Å². The van der Waals surface area contributed by atoms with E-state index in [1.807, 2.05) is 34.8 Å². The first kappa shape index (κ1) is 16.6. The number of aryl methyl sites for hydroxylation is 3. The number of hydrogen-bond acceptors (Lipinski definition) is 3. The molecule has 24 heavy (non-hydrogen) atoms. The number of benzene rings is 2. The van der Waals surface area contributed by atoms with Crippen LogP contribution < -0.4 is 0 Å². The van der Waals surface area contributed by atoms with Crippen molar-refractivity contribution in [3.8, 4) is 17.1 Å². The number of rotatable bonds is 2. The van der Waals surface area contributed by atoms with E-state index in [1.165, 1.54) is 0 Å². The van der Waals surface area contributed by atoms with Gasteiger partial charge in [0.1, 0.15) is 6.33 Å². The molecular formula is C18H16IrN5-. The molecular weight excluding hydrogens is 478 g/mol. The summed E-state index contributed by atoms with van der Waals surface area (Å²) in [6.45, 7) is 4.17. The Balaban J connectivity index is 0.00000169. The third-order valence-electron chi connectivity index (χ3n) is 4.09. The number of aromatic nitrogens is 5. The van der Waals surface area contributed by atoms with Gasteiger partial charge in [-0.05, 0) is 30.5 Å². The van der Waals surface area contributed by atoms with E-state index in [0.717, 1.165) is 39.2 Å². The molecule has 0 spiro atoms. The summed E-state index contributed by atoms with van der Waals surface area (Å²) in [4.78, 5) is 8.91. The molecule has 4 aromatic rings. The predicted octanol–water partition coefficient (Wildman–Crippen LogP) is 3.24. The van der Waals surface area contributed by atoms with Gasteiger partial charge < -0.3 is 4.57 Å². The molecule has 0 aliphatic heterocycles. The largest absolute Gasteiger partial charge is 0.373 e. The van der Waals surface area contributed by atoms with Gasteiger partial charge in [-0.3, -0.25) is 14.6 Å². The second-order valence-corrected chi connectivity index (χ2v) is 5.68. The summed E-state index contributed by atoms with van der Waals surface area (Å²) in [6.07, 6.45) is 3.39. The van der Waals surface area contributed by atoms with E-state index < -0.39 is 0 Å². The SMILES string of the molecule is Cc1cccc(C)c1-n1ncnc1-c1[c-]ccc2ncn(C)c12.[Ir]. The van der Waals surface area contributed by atoms with E-state index in [0.29, 0.717) is 0 Å². The fourth-order valence-corrected chi connectivity index (χ4v) is 3.03. The van der Waals surface area contributed by atoms with Gasteiger partial charge in [-0.25, -0.2) is 0 Å². The predicted molar refractivity (Wildman–Crippen MR) is 89.4 cm³/mol. The Hall–Kier alpha value is -2.30. The van der Waals surface area contributed by atoms with Gasteiger partial charge in [0.05, 0.1) is 17.8 Å². The molecule has 2 heterocycles. The molecule has 2 aromatic carbocycles. The van der Waals surface area contributed by atoms with Crippen LogP contribution in [0.4, 0.5) is 0 Å². The van der Waals surface area contributed by atoms with E-state index in [9.17, 15) is 0 Å². The van der Waals surface area contributed by atoms with Crippen LogP contribution in [-0.2, 0) is 27.2 Å². The first-order valence-electron chi connectivity index (χ1n) is 7.45. The molecule has 0 amide bonds. The first-order valence-corrected chi connectivity index (χ1v) is 7.45. The van der Waals surface area contributed by atoms with E-state index in [1.54, 1.807) is 6.33 Å². The molecule has 0 aliphatic carbocycles. The molecule has 0 unspecified atom stereocenters. The van der Waals surface area contributed by atoms with Crippen molar-refractivity contribution in [3.63, 3.8) is 0 Å². The second-order valence-electron chi connectivity index (χ2n) is 5.68. The number of imidazole rings is 1. The zero-order valence-electron chi connectivity index (χ0n) is 13.6. The summed E-state index contributed by atoms with van der Waals surface area (Å²) < 4.78 is 3.88. The molecule has 0 N–H and O–H groups in total. The Labute approximate surface area is 153 Å². The van der Waals surface area contributed by atoms with Gasteiger partial charge in [-0.15, -0.1) is 18.2 Å². The second kappa shape index (κ2) is 6.30. The van der Waals surface area contributed by atoms with E-state index >= 15 is 0 Å². The van der Waals surface area contributed by atoms with Crippen LogP contribution in [0.25, 0.3) is 28.1 Å². The van der Waals surface area contributed by atoms with Gasteiger partial charge in [0, 0.05) is 32.7 Å². The molecule has 0 fully saturated rings. The molecule has 4 rings (SSSR count). The van der Waals surface area contributed by atoms with Crippen LogP contribution in [-0.4, -0.2) is 24.3 Å². The van der Waals surface area contributed by atoms with Crippen molar-refractivity contribution < 1.29 is 20.1 Å². The summed E-state index contributed by atoms with van der Waals surface area (Å²) in [5.41, 5.74) is 6.23. The molecule has 6 heteroatoms. The van der Waals surface area contributed by atoms with Crippen molar-refractivity contribution in [2.75, 3.05) is 0 Å². The standard InChI is InChI=1S/C18H16N5.Ir/c1-12-6-4-7-13(2)16(12)23-18(19-10-21-23)14-8-5-9-15-17(14)22(3)11-20-15;/h4-7,9-11H,1-3H3;/q-1;. The van der Waals surface area contributed by atoms with Crippen molar-refractivity contribution in [3.05, 3.63) is 60.2 Å². The van der Waals surface area contributed by atoms with Gasteiger partial charge in [0.25, 0.3) is 0 Å². The summed E-state index contributed by atoms with van der Waals surface area (Å²) >= 11 is 0.